The van der Waals surface area contributed by atoms with Crippen LogP contribution < -0.4 is 15.6 Å². The number of benzene rings is 3. The molecule has 1 atom stereocenters. The molecule has 0 aliphatic carbocycles. The van der Waals surface area contributed by atoms with E-state index < -0.39 is 26.9 Å². The summed E-state index contributed by atoms with van der Waals surface area (Å²) in [6.07, 6.45) is 0. The Kier molecular flexibility index (Phi) is 7.08. The summed E-state index contributed by atoms with van der Waals surface area (Å²) in [7, 11) is -3.73. The van der Waals surface area contributed by atoms with Gasteiger partial charge in [0, 0.05) is 24.2 Å². The standard InChI is InChI=1S/C21H20N4O5S/c26-21(17-11-13-18(14-12-17)25(27)28)24-23-20(16-7-3-1-4-8-16)15-22-31(29,30)19-9-5-2-6-10-19/h1-14,20,22-23H,15H2,(H,24,26)/t20-/m1/s1. The summed E-state index contributed by atoms with van der Waals surface area (Å²) < 4.78 is 27.6. The summed E-state index contributed by atoms with van der Waals surface area (Å²) >= 11 is 0. The molecule has 31 heavy (non-hydrogen) atoms. The largest absolute Gasteiger partial charge is 0.287 e. The topological polar surface area (TPSA) is 130 Å². The van der Waals surface area contributed by atoms with Crippen LogP contribution in [0.5, 0.6) is 0 Å². The van der Waals surface area contributed by atoms with E-state index in [1.54, 1.807) is 42.5 Å². The van der Waals surface area contributed by atoms with E-state index in [0.717, 1.165) is 5.56 Å². The van der Waals surface area contributed by atoms with Crippen molar-refractivity contribution >= 4 is 21.6 Å². The second-order valence-electron chi connectivity index (χ2n) is 6.53. The van der Waals surface area contributed by atoms with Gasteiger partial charge in [0.1, 0.15) is 0 Å². The summed E-state index contributed by atoms with van der Waals surface area (Å²) in [6.45, 7) is -0.0260. The molecule has 3 aromatic carbocycles. The Hall–Kier alpha value is -3.60. The van der Waals surface area contributed by atoms with Gasteiger partial charge in [-0.15, -0.1) is 0 Å². The van der Waals surface area contributed by atoms with Crippen molar-refractivity contribution in [1.82, 2.24) is 15.6 Å². The fourth-order valence-electron chi connectivity index (χ4n) is 2.77. The molecule has 0 unspecified atom stereocenters. The molecule has 0 fully saturated rings. The molecule has 0 aliphatic heterocycles. The number of nitrogens with zero attached hydrogens (tertiary/aromatic N) is 1. The predicted molar refractivity (Wildman–Crippen MR) is 115 cm³/mol. The molecular weight excluding hydrogens is 420 g/mol. The number of hydrogen-bond acceptors (Lipinski definition) is 6. The van der Waals surface area contributed by atoms with Crippen LogP contribution in [-0.2, 0) is 10.0 Å². The zero-order chi connectivity index (χ0) is 22.3. The van der Waals surface area contributed by atoms with Crippen molar-refractivity contribution in [2.75, 3.05) is 6.54 Å². The van der Waals surface area contributed by atoms with E-state index >= 15 is 0 Å². The van der Waals surface area contributed by atoms with Gasteiger partial charge in [-0.2, -0.15) is 0 Å². The number of nitro benzene ring substituents is 1. The van der Waals surface area contributed by atoms with Gasteiger partial charge in [0.2, 0.25) is 10.0 Å². The highest BCUT2D eigenvalue weighted by molar-refractivity contribution is 7.89. The number of hydrazine groups is 1. The first kappa shape index (κ1) is 22.1. The highest BCUT2D eigenvalue weighted by atomic mass is 32.2. The molecule has 1 amide bonds. The molecule has 3 rings (SSSR count). The highest BCUT2D eigenvalue weighted by Gasteiger charge is 2.19. The smallest absolute Gasteiger partial charge is 0.269 e. The third-order valence-electron chi connectivity index (χ3n) is 4.43. The van der Waals surface area contributed by atoms with Gasteiger partial charge in [-0.25, -0.2) is 18.6 Å². The first-order valence-corrected chi connectivity index (χ1v) is 10.7. The quantitative estimate of drug-likeness (QED) is 0.346. The van der Waals surface area contributed by atoms with E-state index in [-0.39, 0.29) is 22.7 Å². The molecule has 3 N–H and O–H groups in total. The maximum absolute atomic E-state index is 12.5. The lowest BCUT2D eigenvalue weighted by molar-refractivity contribution is -0.384. The highest BCUT2D eigenvalue weighted by Crippen LogP contribution is 2.14. The molecule has 0 aromatic heterocycles. The number of amides is 1. The number of nitrogens with one attached hydrogen (secondary N) is 3. The average molecular weight is 440 g/mol. The van der Waals surface area contributed by atoms with Crippen molar-refractivity contribution in [1.29, 1.82) is 0 Å². The van der Waals surface area contributed by atoms with E-state index in [1.807, 2.05) is 6.07 Å². The Morgan fingerprint density at radius 2 is 1.48 bits per heavy atom. The van der Waals surface area contributed by atoms with Gasteiger partial charge in [-0.1, -0.05) is 48.5 Å². The number of carbonyl (C=O) groups is 1. The fraction of sp³-hybridized carbons (Fsp3) is 0.0952. The molecule has 0 saturated carbocycles. The lowest BCUT2D eigenvalue weighted by Gasteiger charge is -2.20. The molecule has 3 aromatic rings. The predicted octanol–water partition coefficient (Wildman–Crippen LogP) is 2.55. The van der Waals surface area contributed by atoms with Gasteiger partial charge in [0.25, 0.3) is 11.6 Å². The second-order valence-corrected chi connectivity index (χ2v) is 8.30. The number of hydrogen-bond donors (Lipinski definition) is 3. The summed E-state index contributed by atoms with van der Waals surface area (Å²) in [5, 5.41) is 10.7. The third-order valence-corrected chi connectivity index (χ3v) is 5.87. The van der Waals surface area contributed by atoms with Gasteiger partial charge < -0.3 is 0 Å². The van der Waals surface area contributed by atoms with Gasteiger partial charge in [0.15, 0.2) is 0 Å². The number of sulfonamides is 1. The molecule has 0 radical (unpaired) electrons. The zero-order valence-corrected chi connectivity index (χ0v) is 17.1. The number of rotatable bonds is 9. The maximum atomic E-state index is 12.5. The van der Waals surface area contributed by atoms with E-state index in [0.29, 0.717) is 0 Å². The maximum Gasteiger partial charge on any atom is 0.269 e. The van der Waals surface area contributed by atoms with Gasteiger partial charge in [-0.3, -0.25) is 20.3 Å². The summed E-state index contributed by atoms with van der Waals surface area (Å²) in [4.78, 5) is 22.7. The molecule has 0 heterocycles. The molecule has 0 bridgehead atoms. The summed E-state index contributed by atoms with van der Waals surface area (Å²) in [5.41, 5.74) is 6.21. The van der Waals surface area contributed by atoms with Crippen molar-refractivity contribution in [2.24, 2.45) is 0 Å². The average Bonchev–Trinajstić information content (AvgIpc) is 2.80. The Labute approximate surface area is 179 Å². The number of non-ortho nitro benzene ring substituents is 1. The van der Waals surface area contributed by atoms with Crippen LogP contribution >= 0.6 is 0 Å². The molecular formula is C21H20N4O5S. The first-order chi connectivity index (χ1) is 14.9. The normalized spacial score (nSPS) is 12.1. The van der Waals surface area contributed by atoms with Crippen LogP contribution in [0.25, 0.3) is 0 Å². The van der Waals surface area contributed by atoms with Gasteiger partial charge in [0.05, 0.1) is 15.9 Å². The monoisotopic (exact) mass is 440 g/mol. The van der Waals surface area contributed by atoms with Gasteiger partial charge in [-0.05, 0) is 29.8 Å². The first-order valence-electron chi connectivity index (χ1n) is 9.27. The SMILES string of the molecule is O=C(NN[C@H](CNS(=O)(=O)c1ccccc1)c1ccccc1)c1ccc([N+](=O)[O-])cc1. The van der Waals surface area contributed by atoms with Crippen LogP contribution in [0.4, 0.5) is 5.69 Å². The van der Waals surface area contributed by atoms with Crippen LogP contribution in [0.3, 0.4) is 0 Å². The van der Waals surface area contributed by atoms with Crippen LogP contribution in [0.15, 0.2) is 89.8 Å². The lowest BCUT2D eigenvalue weighted by atomic mass is 10.1. The Bertz CT molecular complexity index is 1140. The van der Waals surface area contributed by atoms with E-state index in [9.17, 15) is 23.3 Å². The van der Waals surface area contributed by atoms with Crippen molar-refractivity contribution in [3.8, 4) is 0 Å². The van der Waals surface area contributed by atoms with Crippen molar-refractivity contribution < 1.29 is 18.1 Å². The zero-order valence-electron chi connectivity index (χ0n) is 16.3. The third kappa shape index (κ3) is 5.95. The molecule has 10 heteroatoms. The second kappa shape index (κ2) is 9.94. The number of carbonyl (C=O) groups excluding carboxylic acids is 1. The van der Waals surface area contributed by atoms with E-state index in [1.165, 1.54) is 36.4 Å². The van der Waals surface area contributed by atoms with E-state index in [4.69, 9.17) is 0 Å². The van der Waals surface area contributed by atoms with Gasteiger partial charge >= 0.3 is 0 Å². The van der Waals surface area contributed by atoms with Crippen molar-refractivity contribution in [3.63, 3.8) is 0 Å². The molecule has 9 nitrogen and oxygen atoms in total. The van der Waals surface area contributed by atoms with Crippen LogP contribution in [0, 0.1) is 10.1 Å². The lowest BCUT2D eigenvalue weighted by Crippen LogP contribution is -2.44. The number of nitro groups is 1. The Morgan fingerprint density at radius 1 is 0.903 bits per heavy atom. The Morgan fingerprint density at radius 3 is 2.06 bits per heavy atom. The minimum atomic E-state index is -3.73. The summed E-state index contributed by atoms with van der Waals surface area (Å²) in [6, 6.07) is 21.6. The van der Waals surface area contributed by atoms with E-state index in [2.05, 4.69) is 15.6 Å². The molecule has 0 saturated heterocycles. The summed E-state index contributed by atoms with van der Waals surface area (Å²) in [5.74, 6) is -0.512. The molecule has 160 valence electrons. The minimum absolute atomic E-state index is 0.0260. The van der Waals surface area contributed by atoms with Crippen LogP contribution in [0.2, 0.25) is 0 Å². The molecule has 0 spiro atoms. The van der Waals surface area contributed by atoms with Crippen LogP contribution in [-0.4, -0.2) is 25.8 Å². The fourth-order valence-corrected chi connectivity index (χ4v) is 3.84. The van der Waals surface area contributed by atoms with Crippen molar-refractivity contribution in [2.45, 2.75) is 10.9 Å². The van der Waals surface area contributed by atoms with Crippen molar-refractivity contribution in [3.05, 3.63) is 106 Å². The van der Waals surface area contributed by atoms with Crippen LogP contribution in [0.1, 0.15) is 22.0 Å². The minimum Gasteiger partial charge on any atom is -0.287 e. The Balaban J connectivity index is 1.69. The molecule has 0 aliphatic rings.